The molecule has 9 heteroatoms. The Morgan fingerprint density at radius 1 is 1.12 bits per heavy atom. The summed E-state index contributed by atoms with van der Waals surface area (Å²) in [4.78, 5) is 17.4. The molecule has 1 fully saturated rings. The minimum absolute atomic E-state index is 0. The maximum Gasteiger partial charge on any atom is 0.274 e. The second kappa shape index (κ2) is 10.2. The Kier molecular flexibility index (Phi) is 7.13. The van der Waals surface area contributed by atoms with Crippen LogP contribution in [0, 0.1) is 0 Å². The second-order valence-electron chi connectivity index (χ2n) is 7.70. The van der Waals surface area contributed by atoms with Crippen LogP contribution in [0.1, 0.15) is 23.3 Å². The zero-order valence-electron chi connectivity index (χ0n) is 17.7. The number of carbonyl (C=O) groups excluding carboxylic acids is 1. The fourth-order valence-electron chi connectivity index (χ4n) is 3.77. The van der Waals surface area contributed by atoms with Gasteiger partial charge in [-0.05, 0) is 74.0 Å². The van der Waals surface area contributed by atoms with Gasteiger partial charge in [0, 0.05) is 22.5 Å². The molecule has 170 valence electrons. The van der Waals surface area contributed by atoms with Gasteiger partial charge >= 0.3 is 0 Å². The number of nitrogens with zero attached hydrogens (tertiary/aromatic N) is 3. The van der Waals surface area contributed by atoms with Crippen molar-refractivity contribution in [1.82, 2.24) is 19.9 Å². The van der Waals surface area contributed by atoms with Crippen molar-refractivity contribution in [3.63, 3.8) is 0 Å². The van der Waals surface area contributed by atoms with E-state index in [1.165, 1.54) is 0 Å². The average Bonchev–Trinajstić information content (AvgIpc) is 3.24. The third kappa shape index (κ3) is 5.27. The summed E-state index contributed by atoms with van der Waals surface area (Å²) in [7, 11) is 0. The number of amides is 1. The Morgan fingerprint density at radius 3 is 2.67 bits per heavy atom. The number of aromatic nitrogens is 3. The lowest BCUT2D eigenvalue weighted by molar-refractivity contribution is 0.102. The smallest absolute Gasteiger partial charge is 0.274 e. The first-order valence-electron chi connectivity index (χ1n) is 10.5. The lowest BCUT2D eigenvalue weighted by Gasteiger charge is -2.23. The van der Waals surface area contributed by atoms with Gasteiger partial charge in [-0.2, -0.15) is 5.10 Å². The number of anilines is 1. The Morgan fingerprint density at radius 2 is 1.91 bits per heavy atom. The highest BCUT2D eigenvalue weighted by molar-refractivity contribution is 6.30. The molecule has 0 aliphatic carbocycles. The van der Waals surface area contributed by atoms with Crippen molar-refractivity contribution >= 4 is 41.2 Å². The summed E-state index contributed by atoms with van der Waals surface area (Å²) in [5.41, 5.74) is 3.27. The molecule has 7 nitrogen and oxygen atoms in total. The summed E-state index contributed by atoms with van der Waals surface area (Å²) in [6.45, 7) is 1.96. The van der Waals surface area contributed by atoms with Gasteiger partial charge in [-0.25, -0.2) is 9.50 Å². The zero-order chi connectivity index (χ0) is 21.9. The first-order chi connectivity index (χ1) is 15.7. The highest BCUT2D eigenvalue weighted by atomic mass is 35.5. The molecule has 33 heavy (non-hydrogen) atoms. The predicted molar refractivity (Wildman–Crippen MR) is 132 cm³/mol. The first kappa shape index (κ1) is 23.0. The van der Waals surface area contributed by atoms with Crippen LogP contribution in [-0.4, -0.2) is 39.7 Å². The monoisotopic (exact) mass is 483 g/mol. The number of piperidine rings is 1. The molecule has 2 aromatic carbocycles. The van der Waals surface area contributed by atoms with E-state index in [0.717, 1.165) is 42.8 Å². The van der Waals surface area contributed by atoms with E-state index in [0.29, 0.717) is 22.1 Å². The molecule has 0 spiro atoms. The molecule has 0 unspecified atom stereocenters. The molecule has 0 saturated carbocycles. The van der Waals surface area contributed by atoms with Crippen LogP contribution in [0.2, 0.25) is 5.02 Å². The van der Waals surface area contributed by atoms with Gasteiger partial charge in [-0.15, -0.1) is 12.4 Å². The van der Waals surface area contributed by atoms with Crippen molar-refractivity contribution in [2.75, 3.05) is 18.4 Å². The Hall–Kier alpha value is -3.13. The van der Waals surface area contributed by atoms with Crippen LogP contribution in [0.3, 0.4) is 0 Å². The molecule has 1 aliphatic rings. The molecule has 4 aromatic rings. The molecule has 5 rings (SSSR count). The van der Waals surface area contributed by atoms with E-state index in [-0.39, 0.29) is 24.4 Å². The van der Waals surface area contributed by atoms with Crippen molar-refractivity contribution < 1.29 is 9.53 Å². The minimum atomic E-state index is -0.294. The molecule has 1 amide bonds. The molecular formula is C24H23Cl2N5O2. The maximum atomic E-state index is 12.8. The van der Waals surface area contributed by atoms with E-state index < -0.39 is 0 Å². The molecule has 0 bridgehead atoms. The van der Waals surface area contributed by atoms with Gasteiger partial charge in [0.2, 0.25) is 0 Å². The summed E-state index contributed by atoms with van der Waals surface area (Å²) in [6.07, 6.45) is 5.67. The van der Waals surface area contributed by atoms with Crippen LogP contribution < -0.4 is 15.4 Å². The summed E-state index contributed by atoms with van der Waals surface area (Å²) < 4.78 is 7.66. The van der Waals surface area contributed by atoms with Gasteiger partial charge in [-0.1, -0.05) is 23.7 Å². The van der Waals surface area contributed by atoms with E-state index in [1.807, 2.05) is 48.5 Å². The third-order valence-electron chi connectivity index (χ3n) is 5.44. The zero-order valence-corrected chi connectivity index (χ0v) is 19.3. The van der Waals surface area contributed by atoms with Crippen LogP contribution in [0.15, 0.2) is 67.0 Å². The van der Waals surface area contributed by atoms with E-state index in [4.69, 9.17) is 16.3 Å². The molecule has 0 radical (unpaired) electrons. The molecule has 2 aromatic heterocycles. The minimum Gasteiger partial charge on any atom is -0.490 e. The molecular weight excluding hydrogens is 461 g/mol. The van der Waals surface area contributed by atoms with Crippen molar-refractivity contribution in [3.05, 3.63) is 77.7 Å². The Balaban J connectivity index is 0.00000259. The molecule has 2 N–H and O–H groups in total. The SMILES string of the molecule is Cl.O=C(Nc1ccc(OC2CCNCC2)cc1)c1ccn2ncc(-c3cccc(Cl)c3)c2n1. The topological polar surface area (TPSA) is 80.5 Å². The highest BCUT2D eigenvalue weighted by Gasteiger charge is 2.15. The summed E-state index contributed by atoms with van der Waals surface area (Å²) in [6, 6.07) is 16.5. The Bertz CT molecular complexity index is 1250. The van der Waals surface area contributed by atoms with Crippen LogP contribution in [0.4, 0.5) is 5.69 Å². The fraction of sp³-hybridized carbons (Fsp3) is 0.208. The Labute approximate surface area is 202 Å². The fourth-order valence-corrected chi connectivity index (χ4v) is 3.96. The van der Waals surface area contributed by atoms with Gasteiger partial charge in [0.05, 0.1) is 6.20 Å². The standard InChI is InChI=1S/C24H22ClN5O2.ClH/c25-17-3-1-2-16(14-17)21-15-27-30-13-10-22(29-23(21)30)24(31)28-18-4-6-19(7-5-18)32-20-8-11-26-12-9-20;/h1-7,10,13-15,20,26H,8-9,11-12H2,(H,28,31);1H. The summed E-state index contributed by atoms with van der Waals surface area (Å²) in [5.74, 6) is 0.512. The van der Waals surface area contributed by atoms with Crippen LogP contribution in [0.25, 0.3) is 16.8 Å². The largest absolute Gasteiger partial charge is 0.490 e. The molecule has 1 aliphatic heterocycles. The first-order valence-corrected chi connectivity index (χ1v) is 10.9. The quantitative estimate of drug-likeness (QED) is 0.423. The molecule has 0 atom stereocenters. The number of rotatable bonds is 5. The number of ether oxygens (including phenoxy) is 1. The summed E-state index contributed by atoms with van der Waals surface area (Å²) >= 11 is 6.13. The lowest BCUT2D eigenvalue weighted by atomic mass is 10.1. The van der Waals surface area contributed by atoms with E-state index >= 15 is 0 Å². The normalized spacial score (nSPS) is 14.0. The molecule has 3 heterocycles. The van der Waals surface area contributed by atoms with Crippen molar-refractivity contribution in [1.29, 1.82) is 0 Å². The number of fused-ring (bicyclic) bond motifs is 1. The maximum absolute atomic E-state index is 12.8. The van der Waals surface area contributed by atoms with Gasteiger partial charge < -0.3 is 15.4 Å². The second-order valence-corrected chi connectivity index (χ2v) is 8.13. The van der Waals surface area contributed by atoms with Gasteiger partial charge in [0.25, 0.3) is 5.91 Å². The lowest BCUT2D eigenvalue weighted by Crippen LogP contribution is -2.34. The van der Waals surface area contributed by atoms with Crippen LogP contribution >= 0.6 is 24.0 Å². The number of nitrogens with one attached hydrogen (secondary N) is 2. The van der Waals surface area contributed by atoms with E-state index in [1.54, 1.807) is 23.0 Å². The number of benzene rings is 2. The summed E-state index contributed by atoms with van der Waals surface area (Å²) in [5, 5.41) is 11.2. The van der Waals surface area contributed by atoms with Crippen molar-refractivity contribution in [3.8, 4) is 16.9 Å². The van der Waals surface area contributed by atoms with Gasteiger partial charge in [0.15, 0.2) is 5.65 Å². The number of hydrogen-bond acceptors (Lipinski definition) is 5. The number of carbonyl (C=O) groups is 1. The molecule has 1 saturated heterocycles. The number of hydrogen-bond donors (Lipinski definition) is 2. The highest BCUT2D eigenvalue weighted by Crippen LogP contribution is 2.26. The van der Waals surface area contributed by atoms with Crippen LogP contribution in [-0.2, 0) is 0 Å². The number of halogens is 2. The van der Waals surface area contributed by atoms with E-state index in [9.17, 15) is 4.79 Å². The van der Waals surface area contributed by atoms with Crippen LogP contribution in [0.5, 0.6) is 5.75 Å². The van der Waals surface area contributed by atoms with E-state index in [2.05, 4.69) is 20.7 Å². The van der Waals surface area contributed by atoms with Crippen molar-refractivity contribution in [2.24, 2.45) is 0 Å². The van der Waals surface area contributed by atoms with Crippen molar-refractivity contribution in [2.45, 2.75) is 18.9 Å². The predicted octanol–water partition coefficient (Wildman–Crippen LogP) is 4.85. The average molecular weight is 484 g/mol. The van der Waals surface area contributed by atoms with Gasteiger partial charge in [-0.3, -0.25) is 4.79 Å². The third-order valence-corrected chi connectivity index (χ3v) is 5.67. The van der Waals surface area contributed by atoms with Gasteiger partial charge in [0.1, 0.15) is 17.5 Å².